The number of para-hydroxylation sites is 2. The van der Waals surface area contributed by atoms with E-state index < -0.39 is 0 Å². The van der Waals surface area contributed by atoms with Gasteiger partial charge in [-0.25, -0.2) is 0 Å². The van der Waals surface area contributed by atoms with Gasteiger partial charge < -0.3 is 15.5 Å². The highest BCUT2D eigenvalue weighted by Crippen LogP contribution is 2.28. The number of nitrogens with one attached hydrogen (secondary N) is 3. The van der Waals surface area contributed by atoms with Crippen molar-refractivity contribution in [3.8, 4) is 0 Å². The number of amides is 3. The lowest BCUT2D eigenvalue weighted by Crippen LogP contribution is -3.11. The maximum Gasteiger partial charge on any atom is 0.282 e. The predicted octanol–water partition coefficient (Wildman–Crippen LogP) is -0.987. The van der Waals surface area contributed by atoms with Crippen molar-refractivity contribution in [2.75, 3.05) is 43.4 Å². The highest BCUT2D eigenvalue weighted by Gasteiger charge is 2.28. The first-order chi connectivity index (χ1) is 11.0. The van der Waals surface area contributed by atoms with E-state index in [1.54, 1.807) is 19.2 Å². The summed E-state index contributed by atoms with van der Waals surface area (Å²) >= 11 is 0. The Kier molecular flexibility index (Phi) is 5.70. The van der Waals surface area contributed by atoms with Crippen molar-refractivity contribution in [3.05, 3.63) is 24.3 Å². The zero-order valence-electron chi connectivity index (χ0n) is 13.5. The third kappa shape index (κ3) is 4.53. The number of fused-ring (bicyclic) bond motifs is 1. The topological polar surface area (TPSA) is 83.0 Å². The second kappa shape index (κ2) is 7.73. The minimum atomic E-state index is -0.213. The third-order valence-electron chi connectivity index (χ3n) is 3.56. The van der Waals surface area contributed by atoms with E-state index in [4.69, 9.17) is 0 Å². The first kappa shape index (κ1) is 17.0. The van der Waals surface area contributed by atoms with Crippen LogP contribution in [-0.2, 0) is 14.4 Å². The zero-order chi connectivity index (χ0) is 16.8. The van der Waals surface area contributed by atoms with E-state index in [2.05, 4.69) is 10.6 Å². The van der Waals surface area contributed by atoms with E-state index in [0.717, 1.165) is 11.3 Å². The van der Waals surface area contributed by atoms with E-state index in [1.165, 1.54) is 4.90 Å². The molecule has 1 aromatic rings. The Morgan fingerprint density at radius 3 is 2.78 bits per heavy atom. The molecular formula is C16H23N4O3+. The second-order valence-electron chi connectivity index (χ2n) is 5.71. The first-order valence-corrected chi connectivity index (χ1v) is 7.78. The first-order valence-electron chi connectivity index (χ1n) is 7.78. The average molecular weight is 319 g/mol. The van der Waals surface area contributed by atoms with Gasteiger partial charge in [0.25, 0.3) is 11.8 Å². The molecule has 0 radical (unpaired) electrons. The molecule has 0 fully saturated rings. The van der Waals surface area contributed by atoms with E-state index in [-0.39, 0.29) is 37.4 Å². The lowest BCUT2D eigenvalue weighted by Gasteiger charge is -2.29. The summed E-state index contributed by atoms with van der Waals surface area (Å²) in [6, 6.07) is 7.20. The van der Waals surface area contributed by atoms with Gasteiger partial charge in [-0.3, -0.25) is 19.3 Å². The number of carbonyl (C=O) groups excluding carboxylic acids is 3. The molecule has 1 unspecified atom stereocenters. The van der Waals surface area contributed by atoms with E-state index in [9.17, 15) is 14.4 Å². The summed E-state index contributed by atoms with van der Waals surface area (Å²) in [5.74, 6) is -0.461. The van der Waals surface area contributed by atoms with Crippen molar-refractivity contribution in [2.45, 2.75) is 13.3 Å². The lowest BCUT2D eigenvalue weighted by atomic mass is 10.2. The molecule has 1 aliphatic heterocycles. The molecule has 1 heterocycles. The third-order valence-corrected chi connectivity index (χ3v) is 3.56. The molecule has 7 nitrogen and oxygen atoms in total. The molecule has 124 valence electrons. The van der Waals surface area contributed by atoms with Crippen molar-refractivity contribution in [2.24, 2.45) is 0 Å². The number of hydrogen-bond acceptors (Lipinski definition) is 3. The smallest absolute Gasteiger partial charge is 0.282 e. The molecule has 0 saturated heterocycles. The van der Waals surface area contributed by atoms with E-state index >= 15 is 0 Å². The van der Waals surface area contributed by atoms with Crippen LogP contribution in [0.2, 0.25) is 0 Å². The van der Waals surface area contributed by atoms with Crippen LogP contribution in [0.25, 0.3) is 0 Å². The van der Waals surface area contributed by atoms with Crippen LogP contribution in [-0.4, -0.2) is 50.9 Å². The minimum absolute atomic E-state index is 0.00512. The summed E-state index contributed by atoms with van der Waals surface area (Å²) in [7, 11) is 1.79. The standard InChI is InChI=1S/C16H22N4O3/c1-3-8-17-14(21)9-19(2)11-16(23)20-10-15(22)18-12-6-4-5-7-13(12)20/h4-7H,3,8-11H2,1-2H3,(H,17,21)(H,18,22)/p+1. The molecule has 2 rings (SSSR count). The van der Waals surface area contributed by atoms with Crippen molar-refractivity contribution >= 4 is 29.1 Å². The summed E-state index contributed by atoms with van der Waals surface area (Å²) in [6.07, 6.45) is 0.878. The Hall–Kier alpha value is -2.41. The van der Waals surface area contributed by atoms with Gasteiger partial charge in [0.2, 0.25) is 5.91 Å². The van der Waals surface area contributed by atoms with Gasteiger partial charge in [-0.15, -0.1) is 0 Å². The van der Waals surface area contributed by atoms with Crippen LogP contribution >= 0.6 is 0 Å². The summed E-state index contributed by atoms with van der Waals surface area (Å²) in [4.78, 5) is 38.2. The molecular weight excluding hydrogens is 296 g/mol. The van der Waals surface area contributed by atoms with Gasteiger partial charge in [0, 0.05) is 6.54 Å². The van der Waals surface area contributed by atoms with E-state index in [0.29, 0.717) is 17.9 Å². The van der Waals surface area contributed by atoms with Gasteiger partial charge in [-0.1, -0.05) is 19.1 Å². The van der Waals surface area contributed by atoms with Gasteiger partial charge >= 0.3 is 0 Å². The largest absolute Gasteiger partial charge is 0.351 e. The number of quaternary nitrogens is 1. The molecule has 7 heteroatoms. The Bertz CT molecular complexity index is 603. The van der Waals surface area contributed by atoms with Gasteiger partial charge in [-0.05, 0) is 18.6 Å². The Labute approximate surface area is 135 Å². The summed E-state index contributed by atoms with van der Waals surface area (Å²) in [5, 5.41) is 5.54. The van der Waals surface area contributed by atoms with Crippen molar-refractivity contribution in [1.82, 2.24) is 5.32 Å². The predicted molar refractivity (Wildman–Crippen MR) is 87.3 cm³/mol. The molecule has 0 aliphatic carbocycles. The normalized spacial score (nSPS) is 14.7. The van der Waals surface area contributed by atoms with Crippen LogP contribution < -0.4 is 20.4 Å². The summed E-state index contributed by atoms with van der Waals surface area (Å²) in [6.45, 7) is 3.01. The minimum Gasteiger partial charge on any atom is -0.351 e. The molecule has 0 spiro atoms. The second-order valence-corrected chi connectivity index (χ2v) is 5.71. The van der Waals surface area contributed by atoms with Crippen LogP contribution in [0.15, 0.2) is 24.3 Å². The van der Waals surface area contributed by atoms with Gasteiger partial charge in [0.1, 0.15) is 6.54 Å². The monoisotopic (exact) mass is 319 g/mol. The summed E-state index contributed by atoms with van der Waals surface area (Å²) in [5.41, 5.74) is 1.33. The van der Waals surface area contributed by atoms with Gasteiger partial charge in [-0.2, -0.15) is 0 Å². The van der Waals surface area contributed by atoms with Crippen molar-refractivity contribution in [1.29, 1.82) is 0 Å². The quantitative estimate of drug-likeness (QED) is 0.630. The molecule has 23 heavy (non-hydrogen) atoms. The van der Waals surface area contributed by atoms with Crippen molar-refractivity contribution in [3.63, 3.8) is 0 Å². The number of likely N-dealkylation sites (N-methyl/N-ethyl adjacent to an activating group) is 1. The molecule has 0 bridgehead atoms. The number of hydrogen-bond donors (Lipinski definition) is 3. The van der Waals surface area contributed by atoms with Crippen LogP contribution in [0.3, 0.4) is 0 Å². The van der Waals surface area contributed by atoms with E-state index in [1.807, 2.05) is 19.1 Å². The number of benzene rings is 1. The van der Waals surface area contributed by atoms with Crippen LogP contribution in [0.4, 0.5) is 11.4 Å². The average Bonchev–Trinajstić information content (AvgIpc) is 2.51. The molecule has 1 aromatic carbocycles. The molecule has 3 N–H and O–H groups in total. The number of carbonyl (C=O) groups is 3. The molecule has 0 aromatic heterocycles. The van der Waals surface area contributed by atoms with Crippen LogP contribution in [0.5, 0.6) is 0 Å². The summed E-state index contributed by atoms with van der Waals surface area (Å²) < 4.78 is 0. The Morgan fingerprint density at radius 2 is 2.04 bits per heavy atom. The molecule has 1 atom stereocenters. The maximum absolute atomic E-state index is 12.5. The van der Waals surface area contributed by atoms with Crippen LogP contribution in [0.1, 0.15) is 13.3 Å². The number of rotatable bonds is 6. The highest BCUT2D eigenvalue weighted by molar-refractivity contribution is 6.10. The van der Waals surface area contributed by atoms with Gasteiger partial charge in [0.05, 0.1) is 18.4 Å². The lowest BCUT2D eigenvalue weighted by molar-refractivity contribution is -0.862. The molecule has 1 aliphatic rings. The number of nitrogens with zero attached hydrogens (tertiary/aromatic N) is 1. The fourth-order valence-corrected chi connectivity index (χ4v) is 2.47. The van der Waals surface area contributed by atoms with Crippen molar-refractivity contribution < 1.29 is 19.3 Å². The molecule has 3 amide bonds. The van der Waals surface area contributed by atoms with Crippen LogP contribution in [0, 0.1) is 0 Å². The zero-order valence-corrected chi connectivity index (χ0v) is 13.5. The Morgan fingerprint density at radius 1 is 1.30 bits per heavy atom. The molecule has 0 saturated carbocycles. The fraction of sp³-hybridized carbons (Fsp3) is 0.438. The Balaban J connectivity index is 1.98. The number of anilines is 2. The SMILES string of the molecule is CCCNC(=O)C[NH+](C)CC(=O)N1CC(=O)Nc2ccccc21. The highest BCUT2D eigenvalue weighted by atomic mass is 16.2. The maximum atomic E-state index is 12.5. The fourth-order valence-electron chi connectivity index (χ4n) is 2.47. The van der Waals surface area contributed by atoms with Gasteiger partial charge in [0.15, 0.2) is 13.1 Å².